The number of aromatic nitrogens is 7. The van der Waals surface area contributed by atoms with Crippen molar-refractivity contribution in [1.29, 1.82) is 0 Å². The number of rotatable bonds is 7. The van der Waals surface area contributed by atoms with E-state index in [9.17, 15) is 0 Å². The van der Waals surface area contributed by atoms with Gasteiger partial charge in [-0.3, -0.25) is 9.97 Å². The average Bonchev–Trinajstić information content (AvgIpc) is 3.24. The topological polar surface area (TPSA) is 90.2 Å². The van der Waals surface area contributed by atoms with E-state index >= 15 is 0 Å². The second kappa shape index (κ2) is 13.6. The first-order valence-corrected chi connectivity index (χ1v) is 17.0. The Kier molecular flexibility index (Phi) is 8.04. The lowest BCUT2D eigenvalue weighted by Crippen LogP contribution is -2.00. The monoisotopic (exact) mass is 667 g/mol. The molecule has 0 atom stereocenters. The predicted octanol–water partition coefficient (Wildman–Crippen LogP) is 10.3. The van der Waals surface area contributed by atoms with E-state index in [-0.39, 0.29) is 0 Å². The SMILES string of the molecule is c1ccc(-c2nc(-c3ccccc3)nc(-c3cccc(-c4cccc(-c5ccc6nc(-c7ccccn7)c(-c7ccccn7)nc6c5)c4)c3)n2)cc1. The van der Waals surface area contributed by atoms with Gasteiger partial charge >= 0.3 is 0 Å². The summed E-state index contributed by atoms with van der Waals surface area (Å²) in [4.78, 5) is 34.0. The zero-order chi connectivity index (χ0) is 34.7. The molecule has 7 heteroatoms. The first kappa shape index (κ1) is 30.8. The highest BCUT2D eigenvalue weighted by Crippen LogP contribution is 2.33. The Morgan fingerprint density at radius 2 is 0.692 bits per heavy atom. The minimum absolute atomic E-state index is 0.618. The van der Waals surface area contributed by atoms with Gasteiger partial charge in [-0.05, 0) is 70.8 Å². The molecule has 4 aromatic heterocycles. The molecule has 0 aliphatic rings. The van der Waals surface area contributed by atoms with Crippen LogP contribution < -0.4 is 0 Å². The second-order valence-corrected chi connectivity index (χ2v) is 12.3. The number of hydrogen-bond acceptors (Lipinski definition) is 7. The molecule has 5 aromatic carbocycles. The highest BCUT2D eigenvalue weighted by Gasteiger charge is 2.16. The highest BCUT2D eigenvalue weighted by atomic mass is 15.0. The molecule has 0 bridgehead atoms. The molecule has 0 saturated carbocycles. The number of hydrogen-bond donors (Lipinski definition) is 0. The summed E-state index contributed by atoms with van der Waals surface area (Å²) in [5, 5.41) is 0. The van der Waals surface area contributed by atoms with Crippen LogP contribution in [0.25, 0.3) is 90.2 Å². The van der Waals surface area contributed by atoms with Gasteiger partial charge in [-0.2, -0.15) is 0 Å². The normalized spacial score (nSPS) is 11.1. The molecule has 0 spiro atoms. The van der Waals surface area contributed by atoms with E-state index in [4.69, 9.17) is 24.9 Å². The molecular formula is C45H29N7. The summed E-state index contributed by atoms with van der Waals surface area (Å²) in [6.07, 6.45) is 3.54. The van der Waals surface area contributed by atoms with Crippen molar-refractivity contribution >= 4 is 11.0 Å². The molecule has 0 unspecified atom stereocenters. The Morgan fingerprint density at radius 3 is 1.21 bits per heavy atom. The first-order chi connectivity index (χ1) is 25.7. The van der Waals surface area contributed by atoms with Gasteiger partial charge in [0, 0.05) is 29.1 Å². The van der Waals surface area contributed by atoms with Crippen LogP contribution in [0.1, 0.15) is 0 Å². The number of pyridine rings is 2. The maximum atomic E-state index is 5.11. The van der Waals surface area contributed by atoms with Crippen LogP contribution in [0.4, 0.5) is 0 Å². The number of nitrogens with zero attached hydrogens (tertiary/aromatic N) is 7. The van der Waals surface area contributed by atoms with Gasteiger partial charge in [-0.15, -0.1) is 0 Å². The number of fused-ring (bicyclic) bond motifs is 1. The minimum atomic E-state index is 0.618. The Labute approximate surface area is 300 Å². The first-order valence-electron chi connectivity index (χ1n) is 17.0. The third-order valence-electron chi connectivity index (χ3n) is 8.83. The molecule has 244 valence electrons. The van der Waals surface area contributed by atoms with Gasteiger partial charge in [-0.1, -0.05) is 115 Å². The van der Waals surface area contributed by atoms with Crippen LogP contribution in [0, 0.1) is 0 Å². The van der Waals surface area contributed by atoms with Crippen LogP contribution in [-0.2, 0) is 0 Å². The number of benzene rings is 5. The van der Waals surface area contributed by atoms with Crippen LogP contribution >= 0.6 is 0 Å². The van der Waals surface area contributed by atoms with Crippen molar-refractivity contribution in [2.45, 2.75) is 0 Å². The Balaban J connectivity index is 1.10. The fourth-order valence-corrected chi connectivity index (χ4v) is 6.25. The molecule has 9 rings (SSSR count). The summed E-state index contributed by atoms with van der Waals surface area (Å²) in [5.74, 6) is 1.89. The maximum absolute atomic E-state index is 5.11. The van der Waals surface area contributed by atoms with E-state index < -0.39 is 0 Å². The molecule has 0 N–H and O–H groups in total. The molecule has 0 aliphatic heterocycles. The summed E-state index contributed by atoms with van der Waals surface area (Å²) >= 11 is 0. The lowest BCUT2D eigenvalue weighted by atomic mass is 9.97. The predicted molar refractivity (Wildman–Crippen MR) is 207 cm³/mol. The molecule has 0 radical (unpaired) electrons. The third kappa shape index (κ3) is 6.19. The zero-order valence-corrected chi connectivity index (χ0v) is 27.9. The van der Waals surface area contributed by atoms with Crippen molar-refractivity contribution in [2.24, 2.45) is 0 Å². The smallest absolute Gasteiger partial charge is 0.164 e. The van der Waals surface area contributed by atoms with Crippen molar-refractivity contribution < 1.29 is 0 Å². The maximum Gasteiger partial charge on any atom is 0.164 e. The summed E-state index contributed by atoms with van der Waals surface area (Å²) in [6.45, 7) is 0. The summed E-state index contributed by atoms with van der Waals surface area (Å²) in [7, 11) is 0. The van der Waals surface area contributed by atoms with Gasteiger partial charge in [0.05, 0.1) is 22.4 Å². The van der Waals surface area contributed by atoms with Gasteiger partial charge in [0.1, 0.15) is 11.4 Å². The second-order valence-electron chi connectivity index (χ2n) is 12.3. The fourth-order valence-electron chi connectivity index (χ4n) is 6.25. The fraction of sp³-hybridized carbons (Fsp3) is 0. The van der Waals surface area contributed by atoms with Crippen molar-refractivity contribution in [3.63, 3.8) is 0 Å². The molecule has 7 nitrogen and oxygen atoms in total. The summed E-state index contributed by atoms with van der Waals surface area (Å²) in [5.41, 5.74) is 11.5. The largest absolute Gasteiger partial charge is 0.255 e. The molecule has 0 aliphatic carbocycles. The lowest BCUT2D eigenvalue weighted by molar-refractivity contribution is 1.07. The Bertz CT molecular complexity index is 2610. The minimum Gasteiger partial charge on any atom is -0.255 e. The summed E-state index contributed by atoms with van der Waals surface area (Å²) < 4.78 is 0. The molecular weight excluding hydrogens is 639 g/mol. The van der Waals surface area contributed by atoms with Crippen LogP contribution in [0.15, 0.2) is 176 Å². The summed E-state index contributed by atoms with van der Waals surface area (Å²) in [6, 6.07) is 54.7. The van der Waals surface area contributed by atoms with Crippen LogP contribution in [0.2, 0.25) is 0 Å². The molecule has 0 amide bonds. The van der Waals surface area contributed by atoms with Gasteiger partial charge < -0.3 is 0 Å². The van der Waals surface area contributed by atoms with Crippen molar-refractivity contribution in [3.8, 4) is 79.2 Å². The van der Waals surface area contributed by atoms with Gasteiger partial charge in [-0.25, -0.2) is 24.9 Å². The van der Waals surface area contributed by atoms with E-state index in [1.165, 1.54) is 0 Å². The van der Waals surface area contributed by atoms with Crippen LogP contribution in [0.5, 0.6) is 0 Å². The average molecular weight is 668 g/mol. The van der Waals surface area contributed by atoms with E-state index in [1.807, 2.05) is 109 Å². The zero-order valence-electron chi connectivity index (χ0n) is 27.9. The van der Waals surface area contributed by atoms with Gasteiger partial charge in [0.15, 0.2) is 17.5 Å². The van der Waals surface area contributed by atoms with Crippen LogP contribution in [-0.4, -0.2) is 34.9 Å². The molecule has 9 aromatic rings. The van der Waals surface area contributed by atoms with E-state index in [0.29, 0.717) is 28.9 Å². The van der Waals surface area contributed by atoms with E-state index in [1.54, 1.807) is 12.4 Å². The van der Waals surface area contributed by atoms with Crippen molar-refractivity contribution in [2.75, 3.05) is 0 Å². The molecule has 0 saturated heterocycles. The van der Waals surface area contributed by atoms with Gasteiger partial charge in [0.25, 0.3) is 0 Å². The third-order valence-corrected chi connectivity index (χ3v) is 8.83. The van der Waals surface area contributed by atoms with Gasteiger partial charge in [0.2, 0.25) is 0 Å². The standard InChI is InChI=1S/C45H29N7/c1-3-13-30(14-4-1)43-50-44(31-15-5-2-6-16-31)52-45(51-43)36-20-12-19-34(28-36)32-17-11-18-33(27-32)35-23-24-37-40(29-35)49-42(39-22-8-10-26-47-39)41(48-37)38-21-7-9-25-46-38/h1-29H. The highest BCUT2D eigenvalue weighted by molar-refractivity contribution is 5.88. The lowest BCUT2D eigenvalue weighted by Gasteiger charge is -2.12. The van der Waals surface area contributed by atoms with E-state index in [0.717, 1.165) is 61.4 Å². The van der Waals surface area contributed by atoms with Crippen LogP contribution in [0.3, 0.4) is 0 Å². The Hall–Kier alpha value is -7.25. The quantitative estimate of drug-likeness (QED) is 0.167. The van der Waals surface area contributed by atoms with E-state index in [2.05, 4.69) is 64.6 Å². The molecule has 0 fully saturated rings. The van der Waals surface area contributed by atoms with Crippen molar-refractivity contribution in [3.05, 3.63) is 176 Å². The molecule has 4 heterocycles. The van der Waals surface area contributed by atoms with Crippen molar-refractivity contribution in [1.82, 2.24) is 34.9 Å². The molecule has 52 heavy (non-hydrogen) atoms. The Morgan fingerprint density at radius 1 is 0.269 bits per heavy atom.